The molecule has 1 heteroatoms. The highest BCUT2D eigenvalue weighted by molar-refractivity contribution is 5.44. The van der Waals surface area contributed by atoms with E-state index in [0.717, 1.165) is 5.70 Å². The molecule has 0 spiro atoms. The lowest BCUT2D eigenvalue weighted by molar-refractivity contribution is 0.504. The van der Waals surface area contributed by atoms with Gasteiger partial charge >= 0.3 is 0 Å². The molecule has 1 aliphatic rings. The maximum Gasteiger partial charge on any atom is 0.0370 e. The fraction of sp³-hybridized carbons (Fsp3) is 0.500. The van der Waals surface area contributed by atoms with Crippen LogP contribution in [0.4, 0.5) is 0 Å². The quantitative estimate of drug-likeness (QED) is 0.594. The smallest absolute Gasteiger partial charge is 0.0370 e. The van der Waals surface area contributed by atoms with E-state index in [0.29, 0.717) is 5.92 Å². The second-order valence-corrected chi connectivity index (χ2v) is 4.04. The Morgan fingerprint density at radius 1 is 1.31 bits per heavy atom. The predicted molar refractivity (Wildman–Crippen MR) is 58.2 cm³/mol. The molecule has 0 amide bonds. The van der Waals surface area contributed by atoms with Crippen LogP contribution in [0.3, 0.4) is 0 Å². The molecule has 72 valence electrons. The number of likely N-dealkylation sites (N-methyl/N-ethyl adjacent to an activating group) is 1. The highest BCUT2D eigenvalue weighted by Crippen LogP contribution is 2.31. The second-order valence-electron chi connectivity index (χ2n) is 4.04. The van der Waals surface area contributed by atoms with Crippen molar-refractivity contribution < 1.29 is 0 Å². The van der Waals surface area contributed by atoms with Gasteiger partial charge in [-0.1, -0.05) is 20.4 Å². The minimum atomic E-state index is 0.555. The average molecular weight is 177 g/mol. The molecule has 0 saturated heterocycles. The molecule has 1 aliphatic heterocycles. The molecule has 0 bridgehead atoms. The van der Waals surface area contributed by atoms with E-state index in [9.17, 15) is 0 Å². The Kier molecular flexibility index (Phi) is 2.65. The normalized spacial score (nSPS) is 18.5. The summed E-state index contributed by atoms with van der Waals surface area (Å²) >= 11 is 0. The summed E-state index contributed by atoms with van der Waals surface area (Å²) in [5.74, 6) is 0.555. The van der Waals surface area contributed by atoms with Gasteiger partial charge in [-0.3, -0.25) is 0 Å². The molecule has 13 heavy (non-hydrogen) atoms. The van der Waals surface area contributed by atoms with Crippen molar-refractivity contribution >= 4 is 0 Å². The van der Waals surface area contributed by atoms with Gasteiger partial charge in [-0.25, -0.2) is 0 Å². The van der Waals surface area contributed by atoms with E-state index in [4.69, 9.17) is 0 Å². The molecule has 0 radical (unpaired) electrons. The first-order valence-electron chi connectivity index (χ1n) is 4.77. The van der Waals surface area contributed by atoms with E-state index in [1.807, 2.05) is 0 Å². The number of hydrogen-bond donors (Lipinski definition) is 0. The van der Waals surface area contributed by atoms with Crippen LogP contribution in [0.15, 0.2) is 35.2 Å². The second kappa shape index (κ2) is 3.41. The lowest BCUT2D eigenvalue weighted by Gasteiger charge is -2.31. The van der Waals surface area contributed by atoms with Gasteiger partial charge in [-0.15, -0.1) is 0 Å². The highest BCUT2D eigenvalue weighted by atomic mass is 15.1. The van der Waals surface area contributed by atoms with Crippen molar-refractivity contribution in [1.82, 2.24) is 4.90 Å². The monoisotopic (exact) mass is 177 g/mol. The lowest BCUT2D eigenvalue weighted by atomic mass is 9.92. The zero-order valence-corrected chi connectivity index (χ0v) is 9.31. The third kappa shape index (κ3) is 1.69. The molecule has 1 heterocycles. The van der Waals surface area contributed by atoms with Gasteiger partial charge in [0.15, 0.2) is 0 Å². The van der Waals surface area contributed by atoms with E-state index >= 15 is 0 Å². The number of nitrogens with zero attached hydrogens (tertiary/aromatic N) is 1. The molecule has 0 aromatic rings. The highest BCUT2D eigenvalue weighted by Gasteiger charge is 2.18. The van der Waals surface area contributed by atoms with Crippen LogP contribution in [-0.2, 0) is 0 Å². The fourth-order valence-electron chi connectivity index (χ4n) is 1.90. The largest absolute Gasteiger partial charge is 0.349 e. The summed E-state index contributed by atoms with van der Waals surface area (Å²) in [5.41, 5.74) is 5.16. The average Bonchev–Trinajstić information content (AvgIpc) is 1.99. The Morgan fingerprint density at radius 3 is 2.31 bits per heavy atom. The van der Waals surface area contributed by atoms with Crippen molar-refractivity contribution in [2.24, 2.45) is 5.92 Å². The van der Waals surface area contributed by atoms with E-state index in [1.165, 1.54) is 16.8 Å². The Labute approximate surface area is 81.4 Å². The van der Waals surface area contributed by atoms with Crippen LogP contribution in [0.5, 0.6) is 0 Å². The van der Waals surface area contributed by atoms with Gasteiger partial charge in [0.2, 0.25) is 0 Å². The van der Waals surface area contributed by atoms with Crippen molar-refractivity contribution in [1.29, 1.82) is 0 Å². The molecule has 0 aromatic carbocycles. The van der Waals surface area contributed by atoms with Gasteiger partial charge in [0.05, 0.1) is 0 Å². The molecule has 0 saturated carbocycles. The van der Waals surface area contributed by atoms with Crippen molar-refractivity contribution in [2.75, 3.05) is 7.05 Å². The van der Waals surface area contributed by atoms with Gasteiger partial charge in [-0.05, 0) is 37.0 Å². The van der Waals surface area contributed by atoms with Gasteiger partial charge in [-0.2, -0.15) is 0 Å². The van der Waals surface area contributed by atoms with E-state index in [1.54, 1.807) is 0 Å². The van der Waals surface area contributed by atoms with E-state index in [2.05, 4.69) is 52.3 Å². The Bertz CT molecular complexity index is 292. The molecule has 0 N–H and O–H groups in total. The SMILES string of the molecule is C=C1C(C(C)C)=C(C)C=C(C)N1C. The molecule has 1 rings (SSSR count). The Hall–Kier alpha value is -0.980. The molecule has 0 aliphatic carbocycles. The summed E-state index contributed by atoms with van der Waals surface area (Å²) < 4.78 is 0. The van der Waals surface area contributed by atoms with Crippen LogP contribution in [-0.4, -0.2) is 11.9 Å². The third-order valence-electron chi connectivity index (χ3n) is 2.67. The predicted octanol–water partition coefficient (Wildman–Crippen LogP) is 3.32. The third-order valence-corrected chi connectivity index (χ3v) is 2.67. The first-order chi connectivity index (χ1) is 5.95. The summed E-state index contributed by atoms with van der Waals surface area (Å²) in [7, 11) is 2.07. The number of hydrogen-bond acceptors (Lipinski definition) is 1. The maximum atomic E-state index is 4.13. The van der Waals surface area contributed by atoms with Crippen LogP contribution >= 0.6 is 0 Å². The number of rotatable bonds is 1. The lowest BCUT2D eigenvalue weighted by Crippen LogP contribution is -2.22. The summed E-state index contributed by atoms with van der Waals surface area (Å²) in [6, 6.07) is 0. The summed E-state index contributed by atoms with van der Waals surface area (Å²) in [6.45, 7) is 12.8. The number of allylic oxidation sites excluding steroid dienone is 4. The summed E-state index contributed by atoms with van der Waals surface area (Å²) in [6.07, 6.45) is 2.23. The van der Waals surface area contributed by atoms with E-state index < -0.39 is 0 Å². The minimum absolute atomic E-state index is 0.555. The van der Waals surface area contributed by atoms with Gasteiger partial charge in [0.1, 0.15) is 0 Å². The first kappa shape index (κ1) is 10.1. The molecule has 0 aromatic heterocycles. The van der Waals surface area contributed by atoms with Crippen molar-refractivity contribution in [3.05, 3.63) is 35.2 Å². The van der Waals surface area contributed by atoms with Crippen molar-refractivity contribution in [3.8, 4) is 0 Å². The Morgan fingerprint density at radius 2 is 1.85 bits per heavy atom. The fourth-order valence-corrected chi connectivity index (χ4v) is 1.90. The van der Waals surface area contributed by atoms with Crippen LogP contribution in [0.1, 0.15) is 27.7 Å². The zero-order valence-electron chi connectivity index (χ0n) is 9.31. The molecule has 0 unspecified atom stereocenters. The molecular weight excluding hydrogens is 158 g/mol. The minimum Gasteiger partial charge on any atom is -0.349 e. The standard InChI is InChI=1S/C12H19N/c1-8(2)12-9(3)7-10(4)13(6)11(12)5/h7-8H,5H2,1-4,6H3. The van der Waals surface area contributed by atoms with Gasteiger partial charge < -0.3 is 4.90 Å². The van der Waals surface area contributed by atoms with Gasteiger partial charge in [0, 0.05) is 18.4 Å². The summed E-state index contributed by atoms with van der Waals surface area (Å²) in [5, 5.41) is 0. The topological polar surface area (TPSA) is 3.24 Å². The zero-order chi connectivity index (χ0) is 10.2. The first-order valence-corrected chi connectivity index (χ1v) is 4.77. The van der Waals surface area contributed by atoms with Gasteiger partial charge in [0.25, 0.3) is 0 Å². The molecule has 0 fully saturated rings. The van der Waals surface area contributed by atoms with Crippen LogP contribution in [0, 0.1) is 5.92 Å². The van der Waals surface area contributed by atoms with Crippen LogP contribution < -0.4 is 0 Å². The van der Waals surface area contributed by atoms with E-state index in [-0.39, 0.29) is 0 Å². The van der Waals surface area contributed by atoms with Crippen molar-refractivity contribution in [2.45, 2.75) is 27.7 Å². The molecule has 0 atom stereocenters. The maximum absolute atomic E-state index is 4.13. The summed E-state index contributed by atoms with van der Waals surface area (Å²) in [4.78, 5) is 2.16. The molecule has 1 nitrogen and oxygen atoms in total. The van der Waals surface area contributed by atoms with Crippen molar-refractivity contribution in [3.63, 3.8) is 0 Å². The van der Waals surface area contributed by atoms with Crippen LogP contribution in [0.25, 0.3) is 0 Å². The Balaban J connectivity index is 3.17. The van der Waals surface area contributed by atoms with Crippen LogP contribution in [0.2, 0.25) is 0 Å². The molecular formula is C12H19N.